The Morgan fingerprint density at radius 3 is 2.61 bits per heavy atom. The van der Waals surface area contributed by atoms with E-state index in [4.69, 9.17) is 16.6 Å². The van der Waals surface area contributed by atoms with Crippen LogP contribution in [0.1, 0.15) is 18.4 Å². The maximum Gasteiger partial charge on any atom is 0.247 e. The average molecular weight is 438 g/mol. The van der Waals surface area contributed by atoms with Gasteiger partial charge in [-0.1, -0.05) is 23.7 Å². The number of hydrogen-bond acceptors (Lipinski definition) is 6. The molecule has 4 heterocycles. The van der Waals surface area contributed by atoms with Crippen LogP contribution in [0.15, 0.2) is 55.0 Å². The first-order valence-corrected chi connectivity index (χ1v) is 10.7. The second-order valence-electron chi connectivity index (χ2n) is 8.06. The molecule has 2 N–H and O–H groups in total. The smallest absolute Gasteiger partial charge is 0.247 e. The zero-order chi connectivity index (χ0) is 21.4. The first-order chi connectivity index (χ1) is 15.1. The van der Waals surface area contributed by atoms with E-state index in [1.807, 2.05) is 49.8 Å². The number of rotatable bonds is 5. The number of nitrogens with one attached hydrogen (secondary N) is 1. The molecule has 1 fully saturated rings. The van der Waals surface area contributed by atoms with Crippen molar-refractivity contribution in [3.8, 4) is 0 Å². The topological polar surface area (TPSA) is 83.5 Å². The van der Waals surface area contributed by atoms with Gasteiger partial charge in [0, 0.05) is 43.0 Å². The summed E-state index contributed by atoms with van der Waals surface area (Å²) in [6.07, 6.45) is 7.21. The summed E-state index contributed by atoms with van der Waals surface area (Å²) in [6, 6.07) is 11.9. The van der Waals surface area contributed by atoms with Gasteiger partial charge in [-0.15, -0.1) is 5.10 Å². The van der Waals surface area contributed by atoms with Gasteiger partial charge in [-0.2, -0.15) is 10.1 Å². The summed E-state index contributed by atoms with van der Waals surface area (Å²) in [7, 11) is 1.87. The van der Waals surface area contributed by atoms with Crippen LogP contribution in [0, 0.1) is 0 Å². The molecule has 5 rings (SSSR count). The molecule has 1 aromatic carbocycles. The molecule has 160 valence electrons. The molecule has 4 aromatic rings. The van der Waals surface area contributed by atoms with E-state index in [0.717, 1.165) is 48.5 Å². The van der Waals surface area contributed by atoms with Crippen molar-refractivity contribution in [3.63, 3.8) is 0 Å². The SMILES string of the molecule is Cn1cc(Nc2nc3c(N4CCC(CO)(c5ccc(Cl)cc5)CC4)cccn3n2)cn1. The Hall–Kier alpha value is -3.10. The van der Waals surface area contributed by atoms with Crippen molar-refractivity contribution < 1.29 is 5.11 Å². The van der Waals surface area contributed by atoms with E-state index in [9.17, 15) is 5.11 Å². The first-order valence-electron chi connectivity index (χ1n) is 10.3. The summed E-state index contributed by atoms with van der Waals surface area (Å²) in [4.78, 5) is 7.04. The van der Waals surface area contributed by atoms with Crippen molar-refractivity contribution >= 4 is 34.6 Å². The number of benzene rings is 1. The monoisotopic (exact) mass is 437 g/mol. The molecule has 0 unspecified atom stereocenters. The molecule has 1 aliphatic heterocycles. The normalized spacial score (nSPS) is 16.0. The van der Waals surface area contributed by atoms with Crippen molar-refractivity contribution in [2.75, 3.05) is 29.9 Å². The van der Waals surface area contributed by atoms with Crippen molar-refractivity contribution in [1.29, 1.82) is 0 Å². The summed E-state index contributed by atoms with van der Waals surface area (Å²) < 4.78 is 3.52. The number of anilines is 3. The third-order valence-corrected chi connectivity index (χ3v) is 6.38. The van der Waals surface area contributed by atoms with Crippen molar-refractivity contribution in [1.82, 2.24) is 24.4 Å². The number of aromatic nitrogens is 5. The zero-order valence-corrected chi connectivity index (χ0v) is 18.0. The second kappa shape index (κ2) is 7.86. The highest BCUT2D eigenvalue weighted by Crippen LogP contribution is 2.37. The van der Waals surface area contributed by atoms with Gasteiger partial charge in [-0.3, -0.25) is 4.68 Å². The number of fused-ring (bicyclic) bond motifs is 1. The summed E-state index contributed by atoms with van der Waals surface area (Å²) >= 11 is 6.06. The Labute approximate surface area is 185 Å². The fraction of sp³-hybridized carbons (Fsp3) is 0.318. The van der Waals surface area contributed by atoms with Gasteiger partial charge in [0.05, 0.1) is 24.2 Å². The number of hydrogen-bond donors (Lipinski definition) is 2. The molecule has 0 amide bonds. The molecular weight excluding hydrogens is 414 g/mol. The van der Waals surface area contributed by atoms with Gasteiger partial charge in [-0.05, 0) is 42.7 Å². The molecule has 8 nitrogen and oxygen atoms in total. The molecule has 0 aliphatic carbocycles. The Morgan fingerprint density at radius 1 is 1.16 bits per heavy atom. The van der Waals surface area contributed by atoms with Crippen LogP contribution in [0.2, 0.25) is 5.02 Å². The molecule has 1 aliphatic rings. The fourth-order valence-corrected chi connectivity index (χ4v) is 4.45. The number of aliphatic hydroxyl groups is 1. The molecule has 1 saturated heterocycles. The van der Waals surface area contributed by atoms with Crippen LogP contribution in [-0.4, -0.2) is 49.2 Å². The van der Waals surface area contributed by atoms with Gasteiger partial charge in [0.25, 0.3) is 0 Å². The van der Waals surface area contributed by atoms with E-state index >= 15 is 0 Å². The van der Waals surface area contributed by atoms with E-state index in [1.165, 1.54) is 0 Å². The average Bonchev–Trinajstić information content (AvgIpc) is 3.39. The predicted octanol–water partition coefficient (Wildman–Crippen LogP) is 3.39. The standard InChI is InChI=1S/C22H24ClN7O/c1-28-14-18(13-24-28)25-21-26-20-19(3-2-10-30(20)27-21)29-11-8-22(15-31,9-12-29)16-4-6-17(23)7-5-16/h2-7,10,13-14,31H,8-9,11-12,15H2,1H3,(H,25,27). The minimum absolute atomic E-state index is 0.122. The lowest BCUT2D eigenvalue weighted by atomic mass is 9.73. The fourth-order valence-electron chi connectivity index (χ4n) is 4.32. The van der Waals surface area contributed by atoms with Crippen molar-refractivity contribution in [2.24, 2.45) is 7.05 Å². The number of halogens is 1. The quantitative estimate of drug-likeness (QED) is 0.498. The van der Waals surface area contributed by atoms with Crippen LogP contribution in [-0.2, 0) is 12.5 Å². The lowest BCUT2D eigenvalue weighted by molar-refractivity contribution is 0.165. The maximum absolute atomic E-state index is 10.2. The highest BCUT2D eigenvalue weighted by atomic mass is 35.5. The predicted molar refractivity (Wildman–Crippen MR) is 121 cm³/mol. The van der Waals surface area contributed by atoms with Crippen LogP contribution < -0.4 is 10.2 Å². The first kappa shape index (κ1) is 19.8. The highest BCUT2D eigenvalue weighted by molar-refractivity contribution is 6.30. The Kier molecular flexibility index (Phi) is 5.03. The van der Waals surface area contributed by atoms with Gasteiger partial charge in [-0.25, -0.2) is 4.52 Å². The Bertz CT molecular complexity index is 1190. The lowest BCUT2D eigenvalue weighted by Crippen LogP contribution is -2.45. The van der Waals surface area contributed by atoms with Crippen molar-refractivity contribution in [2.45, 2.75) is 18.3 Å². The second-order valence-corrected chi connectivity index (χ2v) is 8.49. The molecular formula is C22H24ClN7O. The van der Waals surface area contributed by atoms with E-state index in [2.05, 4.69) is 26.5 Å². The number of piperidine rings is 1. The number of nitrogens with zero attached hydrogens (tertiary/aromatic N) is 6. The molecule has 0 radical (unpaired) electrons. The third-order valence-electron chi connectivity index (χ3n) is 6.12. The van der Waals surface area contributed by atoms with Gasteiger partial charge in [0.15, 0.2) is 5.65 Å². The van der Waals surface area contributed by atoms with Crippen molar-refractivity contribution in [3.05, 3.63) is 65.6 Å². The Balaban J connectivity index is 1.38. The molecule has 9 heteroatoms. The molecule has 3 aromatic heterocycles. The molecule has 0 atom stereocenters. The number of pyridine rings is 1. The number of aryl methyl sites for hydroxylation is 1. The molecule has 0 bridgehead atoms. The van der Waals surface area contributed by atoms with E-state index < -0.39 is 0 Å². The van der Waals surface area contributed by atoms with E-state index in [1.54, 1.807) is 15.4 Å². The molecule has 31 heavy (non-hydrogen) atoms. The van der Waals surface area contributed by atoms with Gasteiger partial charge < -0.3 is 15.3 Å². The van der Waals surface area contributed by atoms with Crippen LogP contribution >= 0.6 is 11.6 Å². The largest absolute Gasteiger partial charge is 0.395 e. The third kappa shape index (κ3) is 3.73. The zero-order valence-electron chi connectivity index (χ0n) is 17.2. The van der Waals surface area contributed by atoms with Crippen LogP contribution in [0.5, 0.6) is 0 Å². The molecule has 0 saturated carbocycles. The Morgan fingerprint density at radius 2 is 1.94 bits per heavy atom. The summed E-state index contributed by atoms with van der Waals surface area (Å²) in [5.74, 6) is 0.531. The minimum Gasteiger partial charge on any atom is -0.395 e. The van der Waals surface area contributed by atoms with Crippen LogP contribution in [0.3, 0.4) is 0 Å². The van der Waals surface area contributed by atoms with E-state index in [0.29, 0.717) is 11.0 Å². The van der Waals surface area contributed by atoms with Crippen LogP contribution in [0.25, 0.3) is 5.65 Å². The maximum atomic E-state index is 10.2. The van der Waals surface area contributed by atoms with Crippen LogP contribution in [0.4, 0.5) is 17.3 Å². The summed E-state index contributed by atoms with van der Waals surface area (Å²) in [5.41, 5.74) is 3.58. The van der Waals surface area contributed by atoms with Gasteiger partial charge in [0.2, 0.25) is 5.95 Å². The molecule has 0 spiro atoms. The summed E-state index contributed by atoms with van der Waals surface area (Å²) in [5, 5.41) is 22.9. The number of aliphatic hydroxyl groups excluding tert-OH is 1. The van der Waals surface area contributed by atoms with Gasteiger partial charge in [0.1, 0.15) is 0 Å². The minimum atomic E-state index is -0.243. The summed E-state index contributed by atoms with van der Waals surface area (Å²) in [6.45, 7) is 1.76. The van der Waals surface area contributed by atoms with E-state index in [-0.39, 0.29) is 12.0 Å². The lowest BCUT2D eigenvalue weighted by Gasteiger charge is -2.42. The van der Waals surface area contributed by atoms with Gasteiger partial charge >= 0.3 is 0 Å². The highest BCUT2D eigenvalue weighted by Gasteiger charge is 2.36.